The Balaban J connectivity index is 1.72. The summed E-state index contributed by atoms with van der Waals surface area (Å²) < 4.78 is 9.04. The summed E-state index contributed by atoms with van der Waals surface area (Å²) in [6.07, 6.45) is 6.08. The van der Waals surface area contributed by atoms with Crippen LogP contribution in [-0.4, -0.2) is 41.3 Å². The van der Waals surface area contributed by atoms with E-state index in [1.165, 1.54) is 46.9 Å². The predicted molar refractivity (Wildman–Crippen MR) is 158 cm³/mol. The second-order valence-corrected chi connectivity index (χ2v) is 12.2. The molecule has 4 aromatic rings. The molecule has 11 nitrogen and oxygen atoms in total. The molecule has 1 aliphatic carbocycles. The number of carbonyl (C=O) groups is 1. The summed E-state index contributed by atoms with van der Waals surface area (Å²) in [7, 11) is 0. The van der Waals surface area contributed by atoms with Gasteiger partial charge in [0.1, 0.15) is 21.5 Å². The molecule has 1 aliphatic rings. The van der Waals surface area contributed by atoms with Crippen LogP contribution >= 0.6 is 11.3 Å². The van der Waals surface area contributed by atoms with Crippen molar-refractivity contribution in [3.8, 4) is 11.1 Å². The number of rotatable bonds is 9. The molecule has 0 amide bonds. The van der Waals surface area contributed by atoms with Crippen molar-refractivity contribution in [2.24, 2.45) is 5.92 Å². The van der Waals surface area contributed by atoms with Crippen LogP contribution in [0.4, 0.5) is 0 Å². The van der Waals surface area contributed by atoms with E-state index in [9.17, 15) is 24.8 Å². The number of hydrogen-bond donors (Lipinski definition) is 1. The molecule has 0 saturated heterocycles. The number of carboxylic acids is 1. The molecular formula is C30H34N6O5S. The largest absolute Gasteiger partial charge is 0.480 e. The molecule has 0 aliphatic heterocycles. The van der Waals surface area contributed by atoms with Crippen LogP contribution in [0.3, 0.4) is 0 Å². The van der Waals surface area contributed by atoms with E-state index in [1.807, 2.05) is 24.3 Å². The SMILES string of the molecule is CCc1ccccc1[C@H](Cn1c(=O)n(C(C)(C)C(=O)O)c(=O)c2c(C)c(-n3nccn3)sc21)OC1CCC(C#N)CC1. The summed E-state index contributed by atoms with van der Waals surface area (Å²) in [6, 6.07) is 10.3. The predicted octanol–water partition coefficient (Wildman–Crippen LogP) is 4.34. The third-order valence-corrected chi connectivity index (χ3v) is 9.50. The number of benzene rings is 1. The molecule has 3 aromatic heterocycles. The molecule has 0 spiro atoms. The van der Waals surface area contributed by atoms with Crippen LogP contribution in [0.25, 0.3) is 15.2 Å². The van der Waals surface area contributed by atoms with Crippen molar-refractivity contribution in [2.45, 2.75) is 84.1 Å². The highest BCUT2D eigenvalue weighted by molar-refractivity contribution is 7.21. The number of nitriles is 1. The van der Waals surface area contributed by atoms with E-state index < -0.39 is 28.9 Å². The maximum absolute atomic E-state index is 14.2. The van der Waals surface area contributed by atoms with E-state index in [-0.39, 0.29) is 24.0 Å². The second-order valence-electron chi connectivity index (χ2n) is 11.2. The minimum atomic E-state index is -1.81. The van der Waals surface area contributed by atoms with Crippen LogP contribution in [0, 0.1) is 24.2 Å². The minimum Gasteiger partial charge on any atom is -0.480 e. The first-order chi connectivity index (χ1) is 20.1. The maximum atomic E-state index is 14.2. The van der Waals surface area contributed by atoms with Crippen LogP contribution in [0.1, 0.15) is 69.2 Å². The average Bonchev–Trinajstić information content (AvgIpc) is 3.63. The van der Waals surface area contributed by atoms with Gasteiger partial charge in [0.15, 0.2) is 0 Å². The van der Waals surface area contributed by atoms with E-state index in [0.29, 0.717) is 15.4 Å². The molecule has 1 saturated carbocycles. The summed E-state index contributed by atoms with van der Waals surface area (Å²) in [5.41, 5.74) is -0.652. The van der Waals surface area contributed by atoms with Gasteiger partial charge in [-0.15, -0.1) is 4.80 Å². The lowest BCUT2D eigenvalue weighted by Crippen LogP contribution is -2.52. The summed E-state index contributed by atoms with van der Waals surface area (Å²) >= 11 is 1.21. The fraction of sp³-hybridized carbons (Fsp3) is 0.467. The number of ether oxygens (including phenoxy) is 1. The average molecular weight is 591 g/mol. The fourth-order valence-corrected chi connectivity index (χ4v) is 6.93. The van der Waals surface area contributed by atoms with Crippen molar-refractivity contribution in [3.05, 3.63) is 74.2 Å². The number of aryl methyl sites for hydroxylation is 2. The maximum Gasteiger partial charge on any atom is 0.333 e. The van der Waals surface area contributed by atoms with Gasteiger partial charge in [-0.25, -0.2) is 14.2 Å². The van der Waals surface area contributed by atoms with Crippen molar-refractivity contribution < 1.29 is 14.6 Å². The zero-order valence-corrected chi connectivity index (χ0v) is 24.9. The Labute approximate surface area is 246 Å². The molecule has 1 fully saturated rings. The van der Waals surface area contributed by atoms with Crippen molar-refractivity contribution in [2.75, 3.05) is 0 Å². The Kier molecular flexibility index (Phi) is 8.17. The van der Waals surface area contributed by atoms with Gasteiger partial charge in [0.25, 0.3) is 5.56 Å². The van der Waals surface area contributed by atoms with Gasteiger partial charge in [-0.3, -0.25) is 9.36 Å². The second kappa shape index (κ2) is 11.7. The van der Waals surface area contributed by atoms with Gasteiger partial charge in [-0.2, -0.15) is 15.5 Å². The van der Waals surface area contributed by atoms with Gasteiger partial charge in [0.05, 0.1) is 36.5 Å². The standard InChI is InChI=1S/C30H34N6O5S/c1-5-20-8-6-7-9-22(20)23(41-21-12-10-19(16-31)11-13-21)17-34-27-24(18(2)26(42-27)36-32-14-15-33-36)25(37)35(29(34)40)30(3,4)28(38)39/h6-9,14-15,19,21,23H,5,10-13,17H2,1-4H3,(H,38,39)/t19?,21?,23-/m0/s1. The third-order valence-electron chi connectivity index (χ3n) is 8.21. The van der Waals surface area contributed by atoms with Gasteiger partial charge >= 0.3 is 11.7 Å². The zero-order valence-electron chi connectivity index (χ0n) is 24.1. The Bertz CT molecular complexity index is 1770. The summed E-state index contributed by atoms with van der Waals surface area (Å²) in [6.45, 7) is 6.56. The van der Waals surface area contributed by atoms with E-state index in [4.69, 9.17) is 4.74 Å². The summed E-state index contributed by atoms with van der Waals surface area (Å²) in [5.74, 6) is -1.29. The highest BCUT2D eigenvalue weighted by atomic mass is 32.1. The molecule has 220 valence electrons. The van der Waals surface area contributed by atoms with E-state index in [1.54, 1.807) is 6.92 Å². The normalized spacial score (nSPS) is 18.2. The lowest BCUT2D eigenvalue weighted by Gasteiger charge is -2.31. The molecule has 1 N–H and O–H groups in total. The molecule has 3 heterocycles. The van der Waals surface area contributed by atoms with Crippen molar-refractivity contribution in [3.63, 3.8) is 0 Å². The van der Waals surface area contributed by atoms with Gasteiger partial charge in [-0.05, 0) is 64.0 Å². The van der Waals surface area contributed by atoms with Crippen LogP contribution < -0.4 is 11.2 Å². The Hall–Kier alpha value is -4.08. The number of aliphatic carboxylic acids is 1. The first-order valence-corrected chi connectivity index (χ1v) is 14.9. The molecule has 0 unspecified atom stereocenters. The molecule has 0 bridgehead atoms. The molecule has 1 atom stereocenters. The number of fused-ring (bicyclic) bond motifs is 1. The summed E-state index contributed by atoms with van der Waals surface area (Å²) in [5, 5.41) is 28.7. The molecular weight excluding hydrogens is 556 g/mol. The number of hydrogen-bond acceptors (Lipinski definition) is 8. The van der Waals surface area contributed by atoms with E-state index in [0.717, 1.165) is 47.8 Å². The number of carboxylic acid groups (broad SMARTS) is 1. The topological polar surface area (TPSA) is 145 Å². The Morgan fingerprint density at radius 1 is 1.19 bits per heavy atom. The van der Waals surface area contributed by atoms with Gasteiger partial charge < -0.3 is 9.84 Å². The Morgan fingerprint density at radius 3 is 2.48 bits per heavy atom. The fourth-order valence-electron chi connectivity index (χ4n) is 5.71. The smallest absolute Gasteiger partial charge is 0.333 e. The van der Waals surface area contributed by atoms with E-state index in [2.05, 4.69) is 23.2 Å². The quantitative estimate of drug-likeness (QED) is 0.303. The number of nitrogens with zero attached hydrogens (tertiary/aromatic N) is 6. The number of thiophene rings is 1. The zero-order chi connectivity index (χ0) is 30.2. The lowest BCUT2D eigenvalue weighted by atomic mass is 9.88. The first kappa shape index (κ1) is 29.4. The molecule has 12 heteroatoms. The van der Waals surface area contributed by atoms with Crippen LogP contribution in [0.2, 0.25) is 0 Å². The van der Waals surface area contributed by atoms with Crippen molar-refractivity contribution >= 4 is 27.5 Å². The summed E-state index contributed by atoms with van der Waals surface area (Å²) in [4.78, 5) is 42.2. The highest BCUT2D eigenvalue weighted by Gasteiger charge is 2.36. The molecule has 0 radical (unpaired) electrons. The van der Waals surface area contributed by atoms with Crippen LogP contribution in [0.5, 0.6) is 0 Å². The highest BCUT2D eigenvalue weighted by Crippen LogP contribution is 2.35. The third kappa shape index (κ3) is 5.18. The van der Waals surface area contributed by atoms with Gasteiger partial charge in [0.2, 0.25) is 0 Å². The number of aromatic nitrogens is 5. The van der Waals surface area contributed by atoms with Crippen LogP contribution in [0.15, 0.2) is 46.2 Å². The van der Waals surface area contributed by atoms with Crippen molar-refractivity contribution in [1.82, 2.24) is 24.1 Å². The van der Waals surface area contributed by atoms with Gasteiger partial charge in [0, 0.05) is 11.5 Å². The van der Waals surface area contributed by atoms with E-state index >= 15 is 0 Å². The first-order valence-electron chi connectivity index (χ1n) is 14.1. The molecule has 42 heavy (non-hydrogen) atoms. The van der Waals surface area contributed by atoms with Crippen LogP contribution in [-0.2, 0) is 28.0 Å². The minimum absolute atomic E-state index is 0.0127. The monoisotopic (exact) mass is 590 g/mol. The van der Waals surface area contributed by atoms with Gasteiger partial charge in [-0.1, -0.05) is 42.5 Å². The Morgan fingerprint density at radius 2 is 1.86 bits per heavy atom. The molecule has 1 aromatic carbocycles. The molecule has 5 rings (SSSR count). The van der Waals surface area contributed by atoms with Crippen molar-refractivity contribution in [1.29, 1.82) is 5.26 Å². The lowest BCUT2D eigenvalue weighted by molar-refractivity contribution is -0.146.